The molecule has 0 radical (unpaired) electrons. The molecule has 0 heterocycles. The summed E-state index contributed by atoms with van der Waals surface area (Å²) in [5.41, 5.74) is 0. The Morgan fingerprint density at radius 1 is 0.938 bits per heavy atom. The largest absolute Gasteiger partial charge is 0.481 e. The molecular formula is C9H17NO6. The van der Waals surface area contributed by atoms with Crippen LogP contribution in [0.15, 0.2) is 0 Å². The first-order valence-electron chi connectivity index (χ1n) is 4.94. The van der Waals surface area contributed by atoms with E-state index in [2.05, 4.69) is 0 Å². The van der Waals surface area contributed by atoms with Crippen LogP contribution in [0, 0.1) is 0 Å². The van der Waals surface area contributed by atoms with E-state index >= 15 is 0 Å². The number of aliphatic hydroxyl groups is 2. The number of hydrogen-bond acceptors (Lipinski definition) is 5. The van der Waals surface area contributed by atoms with Crippen molar-refractivity contribution in [2.24, 2.45) is 0 Å². The van der Waals surface area contributed by atoms with Crippen LogP contribution in [0.1, 0.15) is 19.3 Å². The smallest absolute Gasteiger partial charge is 0.304 e. The molecule has 0 fully saturated rings. The highest BCUT2D eigenvalue weighted by atomic mass is 16.5. The van der Waals surface area contributed by atoms with Crippen molar-refractivity contribution in [3.8, 4) is 0 Å². The van der Waals surface area contributed by atoms with E-state index in [1.165, 1.54) is 0 Å². The number of hydrogen-bond donors (Lipinski definition) is 4. The van der Waals surface area contributed by atoms with Gasteiger partial charge in [0.15, 0.2) is 6.29 Å². The number of carboxylic acid groups (broad SMARTS) is 2. The Morgan fingerprint density at radius 3 is 1.69 bits per heavy atom. The second-order valence-corrected chi connectivity index (χ2v) is 3.40. The average Bonchev–Trinajstić information content (AvgIpc) is 2.15. The van der Waals surface area contributed by atoms with E-state index in [1.54, 1.807) is 4.90 Å². The maximum atomic E-state index is 10.3. The topological polar surface area (TPSA) is 118 Å². The summed E-state index contributed by atoms with van der Waals surface area (Å²) in [6, 6.07) is 0. The Balaban J connectivity index is 3.94. The highest BCUT2D eigenvalue weighted by molar-refractivity contribution is 5.67. The van der Waals surface area contributed by atoms with Gasteiger partial charge in [-0.15, -0.1) is 0 Å². The fraction of sp³-hybridized carbons (Fsp3) is 0.778. The van der Waals surface area contributed by atoms with Crippen molar-refractivity contribution in [2.75, 3.05) is 19.6 Å². The number of aliphatic carboxylic acids is 2. The molecule has 0 atom stereocenters. The van der Waals surface area contributed by atoms with Crippen molar-refractivity contribution >= 4 is 11.9 Å². The van der Waals surface area contributed by atoms with Crippen LogP contribution >= 0.6 is 0 Å². The zero-order valence-corrected chi connectivity index (χ0v) is 8.87. The van der Waals surface area contributed by atoms with Crippen molar-refractivity contribution in [1.82, 2.24) is 4.90 Å². The first kappa shape index (κ1) is 14.8. The third-order valence-electron chi connectivity index (χ3n) is 1.99. The quantitative estimate of drug-likeness (QED) is 0.376. The van der Waals surface area contributed by atoms with Crippen molar-refractivity contribution in [3.63, 3.8) is 0 Å². The molecule has 0 aliphatic rings. The summed E-state index contributed by atoms with van der Waals surface area (Å²) in [5, 5.41) is 34.3. The van der Waals surface area contributed by atoms with Gasteiger partial charge in [-0.3, -0.25) is 9.59 Å². The van der Waals surface area contributed by atoms with E-state index in [4.69, 9.17) is 20.4 Å². The van der Waals surface area contributed by atoms with Gasteiger partial charge in [0, 0.05) is 26.1 Å². The first-order chi connectivity index (χ1) is 7.41. The predicted octanol–water partition coefficient (Wildman–Crippen LogP) is -1.06. The molecule has 16 heavy (non-hydrogen) atoms. The van der Waals surface area contributed by atoms with Gasteiger partial charge in [0.2, 0.25) is 0 Å². The minimum Gasteiger partial charge on any atom is -0.481 e. The summed E-state index contributed by atoms with van der Waals surface area (Å²) < 4.78 is 0. The van der Waals surface area contributed by atoms with Crippen LogP contribution < -0.4 is 0 Å². The van der Waals surface area contributed by atoms with Gasteiger partial charge < -0.3 is 25.3 Å². The summed E-state index contributed by atoms with van der Waals surface area (Å²) in [6.45, 7) is 0.670. The normalized spacial score (nSPS) is 11.0. The van der Waals surface area contributed by atoms with Crippen LogP contribution in [0.4, 0.5) is 0 Å². The average molecular weight is 235 g/mol. The van der Waals surface area contributed by atoms with E-state index in [0.29, 0.717) is 0 Å². The first-order valence-corrected chi connectivity index (χ1v) is 4.94. The molecular weight excluding hydrogens is 218 g/mol. The number of nitrogens with zero attached hydrogens (tertiary/aromatic N) is 1. The summed E-state index contributed by atoms with van der Waals surface area (Å²) in [7, 11) is 0. The van der Waals surface area contributed by atoms with Crippen molar-refractivity contribution in [3.05, 3.63) is 0 Å². The number of aliphatic hydroxyl groups excluding tert-OH is 1. The van der Waals surface area contributed by atoms with Gasteiger partial charge in [0.1, 0.15) is 0 Å². The molecule has 7 heteroatoms. The Morgan fingerprint density at radius 2 is 1.38 bits per heavy atom. The van der Waals surface area contributed by atoms with Gasteiger partial charge >= 0.3 is 11.9 Å². The molecule has 0 aromatic carbocycles. The lowest BCUT2D eigenvalue weighted by Gasteiger charge is -2.20. The van der Waals surface area contributed by atoms with Crippen molar-refractivity contribution in [2.45, 2.75) is 25.6 Å². The Labute approximate surface area is 92.9 Å². The van der Waals surface area contributed by atoms with Gasteiger partial charge in [0.25, 0.3) is 0 Å². The molecule has 0 aromatic rings. The molecule has 0 aromatic heterocycles. The van der Waals surface area contributed by atoms with Gasteiger partial charge in [-0.1, -0.05) is 0 Å². The van der Waals surface area contributed by atoms with Crippen molar-refractivity contribution < 1.29 is 30.0 Å². The number of carbonyl (C=O) groups is 2. The third-order valence-corrected chi connectivity index (χ3v) is 1.99. The zero-order valence-electron chi connectivity index (χ0n) is 8.87. The molecule has 0 bridgehead atoms. The van der Waals surface area contributed by atoms with E-state index in [0.717, 1.165) is 0 Å². The van der Waals surface area contributed by atoms with Gasteiger partial charge in [-0.2, -0.15) is 0 Å². The highest BCUT2D eigenvalue weighted by Crippen LogP contribution is 1.99. The van der Waals surface area contributed by atoms with Crippen LogP contribution in [0.25, 0.3) is 0 Å². The van der Waals surface area contributed by atoms with E-state index in [1.807, 2.05) is 0 Å². The lowest BCUT2D eigenvalue weighted by molar-refractivity contribution is -0.137. The fourth-order valence-corrected chi connectivity index (χ4v) is 1.14. The SMILES string of the molecule is O=C(O)CCN(CCC(=O)O)CCC(O)O. The lowest BCUT2D eigenvalue weighted by Crippen LogP contribution is -2.31. The van der Waals surface area contributed by atoms with E-state index in [-0.39, 0.29) is 38.9 Å². The lowest BCUT2D eigenvalue weighted by atomic mass is 10.3. The maximum absolute atomic E-state index is 10.3. The Hall–Kier alpha value is -1.18. The molecule has 0 unspecified atom stereocenters. The van der Waals surface area contributed by atoms with Crippen LogP contribution in [-0.2, 0) is 9.59 Å². The summed E-state index contributed by atoms with van der Waals surface area (Å²) in [5.74, 6) is -1.94. The van der Waals surface area contributed by atoms with Crippen LogP contribution in [0.2, 0.25) is 0 Å². The van der Waals surface area contributed by atoms with E-state index < -0.39 is 18.2 Å². The summed E-state index contributed by atoms with van der Waals surface area (Å²) in [4.78, 5) is 22.3. The minimum atomic E-state index is -1.46. The van der Waals surface area contributed by atoms with E-state index in [9.17, 15) is 9.59 Å². The minimum absolute atomic E-state index is 0.0687. The van der Waals surface area contributed by atoms with Crippen LogP contribution in [0.5, 0.6) is 0 Å². The second-order valence-electron chi connectivity index (χ2n) is 3.40. The zero-order chi connectivity index (χ0) is 12.6. The highest BCUT2D eigenvalue weighted by Gasteiger charge is 2.10. The van der Waals surface area contributed by atoms with Gasteiger partial charge in [-0.05, 0) is 0 Å². The fourth-order valence-electron chi connectivity index (χ4n) is 1.14. The predicted molar refractivity (Wildman–Crippen MR) is 53.8 cm³/mol. The molecule has 0 spiro atoms. The standard InChI is InChI=1S/C9H17NO6/c11-7(12)1-4-10(5-2-8(13)14)6-3-9(15)16/h7,11-12H,1-6H2,(H,13,14)(H,15,16). The Kier molecular flexibility index (Phi) is 7.44. The second kappa shape index (κ2) is 8.03. The molecule has 0 rings (SSSR count). The van der Waals surface area contributed by atoms with Gasteiger partial charge in [0.05, 0.1) is 12.8 Å². The molecule has 0 aliphatic heterocycles. The van der Waals surface area contributed by atoms with Gasteiger partial charge in [-0.25, -0.2) is 0 Å². The molecule has 4 N–H and O–H groups in total. The third kappa shape index (κ3) is 9.38. The maximum Gasteiger partial charge on any atom is 0.304 e. The molecule has 94 valence electrons. The summed E-state index contributed by atoms with van der Waals surface area (Å²) in [6.07, 6.45) is -1.58. The monoisotopic (exact) mass is 235 g/mol. The number of carboxylic acids is 2. The number of rotatable bonds is 9. The van der Waals surface area contributed by atoms with Crippen molar-refractivity contribution in [1.29, 1.82) is 0 Å². The molecule has 0 amide bonds. The Bertz CT molecular complexity index is 212. The molecule has 0 saturated heterocycles. The molecule has 0 aliphatic carbocycles. The van der Waals surface area contributed by atoms with Crippen LogP contribution in [-0.4, -0.2) is 63.2 Å². The summed E-state index contributed by atoms with van der Waals surface area (Å²) >= 11 is 0. The van der Waals surface area contributed by atoms with Crippen LogP contribution in [0.3, 0.4) is 0 Å². The molecule has 7 nitrogen and oxygen atoms in total. The molecule has 0 saturated carbocycles.